The second-order valence-electron chi connectivity index (χ2n) is 5.04. The topological polar surface area (TPSA) is 32.3 Å². The van der Waals surface area contributed by atoms with Crippen LogP contribution in [0.2, 0.25) is 0 Å². The molecule has 1 saturated carbocycles. The highest BCUT2D eigenvalue weighted by Crippen LogP contribution is 2.36. The highest BCUT2D eigenvalue weighted by atomic mass is 16.2. The number of carbonyl (C=O) groups is 1. The Kier molecular flexibility index (Phi) is 2.52. The van der Waals surface area contributed by atoms with Crippen LogP contribution in [0.4, 0.5) is 0 Å². The number of likely N-dealkylation sites (N-methyl/N-ethyl adjacent to an activating group) is 1. The molecule has 1 aliphatic carbocycles. The lowest BCUT2D eigenvalue weighted by molar-refractivity contribution is -0.128. The van der Waals surface area contributed by atoms with E-state index in [1.807, 2.05) is 0 Å². The molecule has 1 N–H and O–H groups in total. The van der Waals surface area contributed by atoms with Crippen LogP contribution < -0.4 is 5.32 Å². The maximum Gasteiger partial charge on any atom is 0.234 e. The van der Waals surface area contributed by atoms with Crippen LogP contribution in [0.25, 0.3) is 0 Å². The van der Waals surface area contributed by atoms with Gasteiger partial charge in [0, 0.05) is 12.1 Å². The quantitative estimate of drug-likeness (QED) is 0.627. The van der Waals surface area contributed by atoms with E-state index in [0.29, 0.717) is 6.54 Å². The van der Waals surface area contributed by atoms with Gasteiger partial charge in [-0.1, -0.05) is 6.92 Å². The standard InChI is InChI=1S/C11H20N2O/c1-9-3-5-11(6-4-9)8-12-10(14)7-13(11)2/h9H,3-8H2,1-2H3,(H,12,14). The first-order valence-electron chi connectivity index (χ1n) is 5.60. The molecule has 2 rings (SSSR count). The van der Waals surface area contributed by atoms with Crippen molar-refractivity contribution in [3.63, 3.8) is 0 Å². The molecule has 1 heterocycles. The molecule has 0 bridgehead atoms. The molecular weight excluding hydrogens is 176 g/mol. The summed E-state index contributed by atoms with van der Waals surface area (Å²) < 4.78 is 0. The molecule has 1 saturated heterocycles. The van der Waals surface area contributed by atoms with Crippen molar-refractivity contribution in [3.8, 4) is 0 Å². The van der Waals surface area contributed by atoms with Gasteiger partial charge in [0.25, 0.3) is 0 Å². The van der Waals surface area contributed by atoms with Crippen LogP contribution in [0.5, 0.6) is 0 Å². The molecular formula is C11H20N2O. The van der Waals surface area contributed by atoms with Crippen molar-refractivity contribution in [3.05, 3.63) is 0 Å². The lowest BCUT2D eigenvalue weighted by Crippen LogP contribution is -2.62. The van der Waals surface area contributed by atoms with Crippen LogP contribution in [0, 0.1) is 5.92 Å². The zero-order chi connectivity index (χ0) is 10.2. The first-order valence-corrected chi connectivity index (χ1v) is 5.60. The summed E-state index contributed by atoms with van der Waals surface area (Å²) in [4.78, 5) is 13.5. The van der Waals surface area contributed by atoms with E-state index >= 15 is 0 Å². The first-order chi connectivity index (χ1) is 6.62. The number of piperazine rings is 1. The molecule has 1 aliphatic heterocycles. The lowest BCUT2D eigenvalue weighted by atomic mass is 9.75. The molecule has 2 fully saturated rings. The van der Waals surface area contributed by atoms with Crippen molar-refractivity contribution >= 4 is 5.91 Å². The Morgan fingerprint density at radius 1 is 1.43 bits per heavy atom. The van der Waals surface area contributed by atoms with Crippen molar-refractivity contribution in [1.82, 2.24) is 10.2 Å². The Bertz CT molecular complexity index is 231. The van der Waals surface area contributed by atoms with Gasteiger partial charge >= 0.3 is 0 Å². The largest absolute Gasteiger partial charge is 0.353 e. The Balaban J connectivity index is 2.04. The van der Waals surface area contributed by atoms with Gasteiger partial charge < -0.3 is 5.32 Å². The normalized spacial score (nSPS) is 39.9. The summed E-state index contributed by atoms with van der Waals surface area (Å²) in [6.45, 7) is 3.76. The maximum absolute atomic E-state index is 11.2. The Hall–Kier alpha value is -0.570. The van der Waals surface area contributed by atoms with Crippen molar-refractivity contribution in [2.75, 3.05) is 20.1 Å². The average Bonchev–Trinajstić information content (AvgIpc) is 2.16. The summed E-state index contributed by atoms with van der Waals surface area (Å²) in [5, 5.41) is 3.01. The summed E-state index contributed by atoms with van der Waals surface area (Å²) in [7, 11) is 2.09. The fourth-order valence-corrected chi connectivity index (χ4v) is 2.70. The summed E-state index contributed by atoms with van der Waals surface area (Å²) in [5.74, 6) is 1.04. The fraction of sp³-hybridized carbons (Fsp3) is 0.909. The van der Waals surface area contributed by atoms with E-state index < -0.39 is 0 Å². The third kappa shape index (κ3) is 1.65. The monoisotopic (exact) mass is 196 g/mol. The summed E-state index contributed by atoms with van der Waals surface area (Å²) >= 11 is 0. The number of nitrogens with one attached hydrogen (secondary N) is 1. The fourth-order valence-electron chi connectivity index (χ4n) is 2.70. The van der Waals surface area contributed by atoms with Crippen molar-refractivity contribution in [1.29, 1.82) is 0 Å². The molecule has 0 atom stereocenters. The predicted molar refractivity (Wildman–Crippen MR) is 56.0 cm³/mol. The Morgan fingerprint density at radius 3 is 2.64 bits per heavy atom. The van der Waals surface area contributed by atoms with Crippen LogP contribution >= 0.6 is 0 Å². The van der Waals surface area contributed by atoms with Gasteiger partial charge in [0.2, 0.25) is 5.91 Å². The minimum Gasteiger partial charge on any atom is -0.353 e. The average molecular weight is 196 g/mol. The van der Waals surface area contributed by atoms with Gasteiger partial charge in [-0.2, -0.15) is 0 Å². The van der Waals surface area contributed by atoms with Crippen LogP contribution in [0.1, 0.15) is 32.6 Å². The second-order valence-corrected chi connectivity index (χ2v) is 5.04. The smallest absolute Gasteiger partial charge is 0.234 e. The zero-order valence-electron chi connectivity index (χ0n) is 9.18. The zero-order valence-corrected chi connectivity index (χ0v) is 9.18. The second kappa shape index (κ2) is 3.54. The van der Waals surface area contributed by atoms with E-state index in [-0.39, 0.29) is 11.4 Å². The highest BCUT2D eigenvalue weighted by Gasteiger charge is 2.41. The van der Waals surface area contributed by atoms with E-state index in [1.54, 1.807) is 0 Å². The van der Waals surface area contributed by atoms with Crippen LogP contribution in [-0.2, 0) is 4.79 Å². The molecule has 0 aromatic rings. The van der Waals surface area contributed by atoms with Gasteiger partial charge in [-0.15, -0.1) is 0 Å². The lowest BCUT2D eigenvalue weighted by Gasteiger charge is -2.48. The molecule has 1 spiro atoms. The highest BCUT2D eigenvalue weighted by molar-refractivity contribution is 5.79. The summed E-state index contributed by atoms with van der Waals surface area (Å²) in [6, 6.07) is 0. The number of carbonyl (C=O) groups excluding carboxylic acids is 1. The van der Waals surface area contributed by atoms with E-state index in [1.165, 1.54) is 25.7 Å². The minimum absolute atomic E-state index is 0.178. The van der Waals surface area contributed by atoms with Crippen LogP contribution in [-0.4, -0.2) is 36.5 Å². The van der Waals surface area contributed by atoms with E-state index in [0.717, 1.165) is 12.5 Å². The molecule has 0 radical (unpaired) electrons. The molecule has 0 aromatic carbocycles. The molecule has 3 nitrogen and oxygen atoms in total. The van der Waals surface area contributed by atoms with Gasteiger partial charge in [0.15, 0.2) is 0 Å². The number of hydrogen-bond donors (Lipinski definition) is 1. The first kappa shape index (κ1) is 9.97. The molecule has 3 heteroatoms. The van der Waals surface area contributed by atoms with Crippen molar-refractivity contribution < 1.29 is 4.79 Å². The third-order valence-corrected chi connectivity index (χ3v) is 4.01. The van der Waals surface area contributed by atoms with E-state index in [9.17, 15) is 4.79 Å². The van der Waals surface area contributed by atoms with Crippen molar-refractivity contribution in [2.45, 2.75) is 38.1 Å². The van der Waals surface area contributed by atoms with Crippen molar-refractivity contribution in [2.24, 2.45) is 5.92 Å². The minimum atomic E-state index is 0.178. The number of rotatable bonds is 0. The summed E-state index contributed by atoms with van der Waals surface area (Å²) in [6.07, 6.45) is 5.09. The van der Waals surface area contributed by atoms with Crippen LogP contribution in [0.3, 0.4) is 0 Å². The molecule has 1 amide bonds. The molecule has 80 valence electrons. The van der Waals surface area contributed by atoms with Gasteiger partial charge in [-0.05, 0) is 38.6 Å². The maximum atomic E-state index is 11.2. The van der Waals surface area contributed by atoms with E-state index in [2.05, 4.69) is 24.2 Å². The molecule has 0 aromatic heterocycles. The van der Waals surface area contributed by atoms with Gasteiger partial charge in [0.05, 0.1) is 6.54 Å². The van der Waals surface area contributed by atoms with Gasteiger partial charge in [-0.3, -0.25) is 9.69 Å². The Labute approximate surface area is 85.8 Å². The summed E-state index contributed by atoms with van der Waals surface area (Å²) in [5.41, 5.74) is 0.278. The SMILES string of the molecule is CC1CCC2(CC1)CNC(=O)CN2C. The number of amides is 1. The van der Waals surface area contributed by atoms with Gasteiger partial charge in [0.1, 0.15) is 0 Å². The predicted octanol–water partition coefficient (Wildman–Crippen LogP) is 0.997. The van der Waals surface area contributed by atoms with Gasteiger partial charge in [-0.25, -0.2) is 0 Å². The molecule has 14 heavy (non-hydrogen) atoms. The number of hydrogen-bond acceptors (Lipinski definition) is 2. The molecule has 0 unspecified atom stereocenters. The number of nitrogens with zero attached hydrogens (tertiary/aromatic N) is 1. The van der Waals surface area contributed by atoms with E-state index in [4.69, 9.17) is 0 Å². The molecule has 2 aliphatic rings. The third-order valence-electron chi connectivity index (χ3n) is 4.01. The Morgan fingerprint density at radius 2 is 2.07 bits per heavy atom. The van der Waals surface area contributed by atoms with Crippen LogP contribution in [0.15, 0.2) is 0 Å².